The lowest BCUT2D eigenvalue weighted by molar-refractivity contribution is -0.139. The largest absolute Gasteiger partial charge is 0.508 e. The van der Waals surface area contributed by atoms with Crippen LogP contribution in [-0.2, 0) is 11.2 Å². The Morgan fingerprint density at radius 3 is 2.44 bits per heavy atom. The predicted molar refractivity (Wildman–Crippen MR) is 134 cm³/mol. The maximum absolute atomic E-state index is 13.7. The summed E-state index contributed by atoms with van der Waals surface area (Å²) in [5, 5.41) is 10.2. The zero-order chi connectivity index (χ0) is 23.9. The number of nitrogens with zero attached hydrogens (tertiary/aromatic N) is 2. The van der Waals surface area contributed by atoms with E-state index in [2.05, 4.69) is 42.7 Å². The molecule has 1 spiro atoms. The molecular weight excluding hydrogens is 424 g/mol. The van der Waals surface area contributed by atoms with E-state index < -0.39 is 0 Å². The summed E-state index contributed by atoms with van der Waals surface area (Å²) >= 11 is 0. The van der Waals surface area contributed by atoms with Crippen molar-refractivity contribution in [2.24, 2.45) is 5.41 Å². The molecule has 0 aromatic heterocycles. The highest BCUT2D eigenvalue weighted by molar-refractivity contribution is 5.80. The number of benzene rings is 2. The number of hydrogen-bond donors (Lipinski definition) is 1. The van der Waals surface area contributed by atoms with E-state index in [0.29, 0.717) is 18.8 Å². The van der Waals surface area contributed by atoms with Crippen LogP contribution in [0.4, 0.5) is 0 Å². The lowest BCUT2D eigenvalue weighted by atomic mass is 9.81. The zero-order valence-corrected chi connectivity index (χ0v) is 20.8. The Hall–Kier alpha value is -2.53. The maximum Gasteiger partial charge on any atom is 0.224 e. The van der Waals surface area contributed by atoms with Gasteiger partial charge in [-0.15, -0.1) is 0 Å². The third kappa shape index (κ3) is 4.81. The molecule has 1 N–H and O–H groups in total. The third-order valence-corrected chi connectivity index (χ3v) is 7.56. The van der Waals surface area contributed by atoms with Crippen molar-refractivity contribution in [3.8, 4) is 11.5 Å². The quantitative estimate of drug-likeness (QED) is 0.632. The number of aromatic hydroxyl groups is 1. The normalized spacial score (nSPS) is 21.5. The summed E-state index contributed by atoms with van der Waals surface area (Å²) in [6.07, 6.45) is 5.97. The molecule has 2 fully saturated rings. The molecule has 5 nitrogen and oxygen atoms in total. The second kappa shape index (κ2) is 8.92. The molecule has 1 atom stereocenters. The average molecular weight is 463 g/mol. The smallest absolute Gasteiger partial charge is 0.224 e. The fourth-order valence-electron chi connectivity index (χ4n) is 5.75. The van der Waals surface area contributed by atoms with Crippen molar-refractivity contribution in [3.05, 3.63) is 59.2 Å². The standard InChI is InChI=1S/C29H38N2O3/c1-28(2,3)20-26(33)31-27(25-11-8-23(32)18-22(25)19-29(31)12-13-29)21-6-9-24(10-7-21)34-17-16-30-14-4-5-15-30/h6-11,18,27,32H,4-5,12-17,19-20H2,1-3H3. The average Bonchev–Trinajstić information content (AvgIpc) is 3.32. The van der Waals surface area contributed by atoms with Gasteiger partial charge in [0.2, 0.25) is 5.91 Å². The van der Waals surface area contributed by atoms with Gasteiger partial charge in [0.25, 0.3) is 0 Å². The number of carbonyl (C=O) groups is 1. The molecule has 0 radical (unpaired) electrons. The van der Waals surface area contributed by atoms with E-state index in [1.807, 2.05) is 24.3 Å². The van der Waals surface area contributed by atoms with Crippen molar-refractivity contribution in [2.45, 2.75) is 70.9 Å². The summed E-state index contributed by atoms with van der Waals surface area (Å²) in [6, 6.07) is 13.8. The van der Waals surface area contributed by atoms with Crippen LogP contribution in [0.15, 0.2) is 42.5 Å². The fourth-order valence-corrected chi connectivity index (χ4v) is 5.75. The predicted octanol–water partition coefficient (Wildman–Crippen LogP) is 5.31. The first-order valence-corrected chi connectivity index (χ1v) is 12.8. The van der Waals surface area contributed by atoms with E-state index >= 15 is 0 Å². The van der Waals surface area contributed by atoms with Gasteiger partial charge in [-0.05, 0) is 91.6 Å². The van der Waals surface area contributed by atoms with Gasteiger partial charge in [-0.1, -0.05) is 39.0 Å². The number of likely N-dealkylation sites (tertiary alicyclic amines) is 1. The molecule has 2 heterocycles. The first-order chi connectivity index (χ1) is 16.2. The highest BCUT2D eigenvalue weighted by Crippen LogP contribution is 2.55. The molecule has 5 heteroatoms. The number of hydrogen-bond acceptors (Lipinski definition) is 4. The van der Waals surface area contributed by atoms with Crippen molar-refractivity contribution < 1.29 is 14.6 Å². The van der Waals surface area contributed by atoms with Crippen LogP contribution in [0.3, 0.4) is 0 Å². The van der Waals surface area contributed by atoms with E-state index in [-0.39, 0.29) is 22.9 Å². The first kappa shape index (κ1) is 23.2. The summed E-state index contributed by atoms with van der Waals surface area (Å²) < 4.78 is 6.03. The van der Waals surface area contributed by atoms with E-state index in [4.69, 9.17) is 4.74 Å². The van der Waals surface area contributed by atoms with Gasteiger partial charge < -0.3 is 14.7 Å². The van der Waals surface area contributed by atoms with E-state index in [1.165, 1.54) is 25.9 Å². The molecule has 1 unspecified atom stereocenters. The molecule has 1 aliphatic carbocycles. The Morgan fingerprint density at radius 1 is 1.09 bits per heavy atom. The van der Waals surface area contributed by atoms with E-state index in [9.17, 15) is 9.90 Å². The van der Waals surface area contributed by atoms with Gasteiger partial charge in [0.15, 0.2) is 0 Å². The van der Waals surface area contributed by atoms with Crippen LogP contribution in [0.5, 0.6) is 11.5 Å². The van der Waals surface area contributed by atoms with Crippen molar-refractivity contribution in [2.75, 3.05) is 26.2 Å². The topological polar surface area (TPSA) is 53.0 Å². The van der Waals surface area contributed by atoms with Gasteiger partial charge in [0, 0.05) is 18.5 Å². The summed E-state index contributed by atoms with van der Waals surface area (Å²) in [5.41, 5.74) is 3.19. The Labute approximate surface area is 203 Å². The highest BCUT2D eigenvalue weighted by atomic mass is 16.5. The molecule has 2 aromatic carbocycles. The molecule has 0 bridgehead atoms. The Balaban J connectivity index is 1.42. The van der Waals surface area contributed by atoms with Crippen LogP contribution in [0.1, 0.15) is 75.6 Å². The molecule has 1 saturated carbocycles. The molecule has 34 heavy (non-hydrogen) atoms. The van der Waals surface area contributed by atoms with Gasteiger partial charge in [-0.3, -0.25) is 9.69 Å². The van der Waals surface area contributed by atoms with E-state index in [1.54, 1.807) is 6.07 Å². The molecule has 5 rings (SSSR count). The Morgan fingerprint density at radius 2 is 1.79 bits per heavy atom. The van der Waals surface area contributed by atoms with Crippen molar-refractivity contribution in [1.29, 1.82) is 0 Å². The Kier molecular flexibility index (Phi) is 6.09. The van der Waals surface area contributed by atoms with Gasteiger partial charge >= 0.3 is 0 Å². The van der Waals surface area contributed by atoms with Crippen LogP contribution < -0.4 is 4.74 Å². The van der Waals surface area contributed by atoms with Crippen molar-refractivity contribution >= 4 is 5.91 Å². The van der Waals surface area contributed by atoms with Gasteiger partial charge in [-0.25, -0.2) is 0 Å². The summed E-state index contributed by atoms with van der Waals surface area (Å²) in [5.74, 6) is 1.39. The number of phenolic OH excluding ortho intramolecular Hbond substituents is 1. The van der Waals surface area contributed by atoms with Crippen LogP contribution in [0.25, 0.3) is 0 Å². The van der Waals surface area contributed by atoms with Crippen LogP contribution in [0, 0.1) is 5.41 Å². The van der Waals surface area contributed by atoms with Crippen LogP contribution >= 0.6 is 0 Å². The van der Waals surface area contributed by atoms with Gasteiger partial charge in [0.1, 0.15) is 18.1 Å². The lowest BCUT2D eigenvalue weighted by Gasteiger charge is -2.45. The highest BCUT2D eigenvalue weighted by Gasteiger charge is 2.56. The molecular formula is C29H38N2O3. The fraction of sp³-hybridized carbons (Fsp3) is 0.552. The summed E-state index contributed by atoms with van der Waals surface area (Å²) in [4.78, 5) is 18.3. The van der Waals surface area contributed by atoms with Crippen LogP contribution in [0.2, 0.25) is 0 Å². The van der Waals surface area contributed by atoms with Crippen molar-refractivity contribution in [1.82, 2.24) is 9.80 Å². The molecule has 1 amide bonds. The number of ether oxygens (including phenoxy) is 1. The third-order valence-electron chi connectivity index (χ3n) is 7.56. The summed E-state index contributed by atoms with van der Waals surface area (Å²) in [7, 11) is 0. The molecule has 3 aliphatic rings. The molecule has 2 aromatic rings. The number of amides is 1. The van der Waals surface area contributed by atoms with Crippen molar-refractivity contribution in [3.63, 3.8) is 0 Å². The number of carbonyl (C=O) groups excluding carboxylic acids is 1. The zero-order valence-electron chi connectivity index (χ0n) is 20.8. The molecule has 2 aliphatic heterocycles. The number of phenols is 1. The van der Waals surface area contributed by atoms with Crippen LogP contribution in [-0.4, -0.2) is 52.6 Å². The molecule has 182 valence electrons. The molecule has 1 saturated heterocycles. The minimum Gasteiger partial charge on any atom is -0.508 e. The Bertz CT molecular complexity index is 1030. The number of fused-ring (bicyclic) bond motifs is 1. The maximum atomic E-state index is 13.7. The minimum absolute atomic E-state index is 0.0695. The second-order valence-corrected chi connectivity index (χ2v) is 11.7. The van der Waals surface area contributed by atoms with Gasteiger partial charge in [0.05, 0.1) is 6.04 Å². The van der Waals surface area contributed by atoms with E-state index in [0.717, 1.165) is 48.2 Å². The summed E-state index contributed by atoms with van der Waals surface area (Å²) in [6.45, 7) is 10.4. The second-order valence-electron chi connectivity index (χ2n) is 11.7. The minimum atomic E-state index is -0.139. The lowest BCUT2D eigenvalue weighted by Crippen LogP contribution is -2.50. The first-order valence-electron chi connectivity index (χ1n) is 12.8. The number of rotatable bonds is 6. The van der Waals surface area contributed by atoms with Gasteiger partial charge in [-0.2, -0.15) is 0 Å². The SMILES string of the molecule is CC(C)(C)CC(=O)N1C(c2ccc(OCCN3CCCC3)cc2)c2ccc(O)cc2CC12CC2. The monoisotopic (exact) mass is 462 g/mol.